The van der Waals surface area contributed by atoms with Crippen LogP contribution in [0.2, 0.25) is 5.02 Å². The van der Waals surface area contributed by atoms with Gasteiger partial charge in [0.1, 0.15) is 0 Å². The predicted octanol–water partition coefficient (Wildman–Crippen LogP) is 2.96. The second-order valence-corrected chi connectivity index (χ2v) is 5.24. The Labute approximate surface area is 131 Å². The summed E-state index contributed by atoms with van der Waals surface area (Å²) in [5, 5.41) is 0.437. The lowest BCUT2D eigenvalue weighted by Crippen LogP contribution is -2.37. The monoisotopic (exact) mass is 314 g/mol. The third-order valence-electron chi connectivity index (χ3n) is 3.44. The fourth-order valence-corrected chi connectivity index (χ4v) is 2.48. The van der Waals surface area contributed by atoms with E-state index >= 15 is 0 Å². The van der Waals surface area contributed by atoms with Crippen molar-refractivity contribution >= 4 is 28.9 Å². The van der Waals surface area contributed by atoms with E-state index in [0.29, 0.717) is 35.1 Å². The minimum atomic E-state index is -0.454. The Kier molecular flexibility index (Phi) is 6.78. The average molecular weight is 315 g/mol. The fourth-order valence-electron chi connectivity index (χ4n) is 2.14. The molecule has 1 unspecified atom stereocenters. The van der Waals surface area contributed by atoms with Crippen LogP contribution in [0, 0.1) is 0 Å². The van der Waals surface area contributed by atoms with Crippen LogP contribution in [-0.4, -0.2) is 39.4 Å². The molecule has 0 radical (unpaired) electrons. The minimum absolute atomic E-state index is 0.199. The van der Waals surface area contributed by atoms with E-state index in [9.17, 15) is 4.79 Å². The zero-order chi connectivity index (χ0) is 16.0. The third-order valence-corrected chi connectivity index (χ3v) is 3.73. The number of nitrogens with two attached hydrogens (primary N) is 1. The van der Waals surface area contributed by atoms with E-state index in [-0.39, 0.29) is 6.04 Å². The summed E-state index contributed by atoms with van der Waals surface area (Å²) in [6.45, 7) is 5.31. The molecule has 0 spiro atoms. The van der Waals surface area contributed by atoms with E-state index in [0.717, 1.165) is 6.42 Å². The van der Waals surface area contributed by atoms with Gasteiger partial charge >= 0.3 is 5.97 Å². The first-order chi connectivity index (χ1) is 9.96. The maximum atomic E-state index is 12.0. The molecule has 0 heterocycles. The number of hydrogen-bond acceptors (Lipinski definition) is 5. The summed E-state index contributed by atoms with van der Waals surface area (Å²) in [6.07, 6.45) is 0.908. The standard InChI is InChI=1S/C15H23ClN2O3/c1-5-10(2)18(6-7-20-3)14-12(15(19)21-4)8-11(17)9-13(14)16/h8-10H,5-7,17H2,1-4H3. The molecule has 1 aromatic carbocycles. The zero-order valence-corrected chi connectivity index (χ0v) is 13.7. The molecule has 1 aromatic rings. The number of nitrogen functional groups attached to an aromatic ring is 1. The number of halogens is 1. The van der Waals surface area contributed by atoms with Crippen molar-refractivity contribution in [2.75, 3.05) is 38.0 Å². The Bertz CT molecular complexity index is 494. The van der Waals surface area contributed by atoms with Gasteiger partial charge in [0.25, 0.3) is 0 Å². The SMILES string of the molecule is CCC(C)N(CCOC)c1c(Cl)cc(N)cc1C(=O)OC. The maximum Gasteiger partial charge on any atom is 0.340 e. The van der Waals surface area contributed by atoms with Gasteiger partial charge in [-0.05, 0) is 25.5 Å². The number of carbonyl (C=O) groups is 1. The number of ether oxygens (including phenoxy) is 2. The van der Waals surface area contributed by atoms with Crippen molar-refractivity contribution in [3.63, 3.8) is 0 Å². The van der Waals surface area contributed by atoms with E-state index < -0.39 is 5.97 Å². The van der Waals surface area contributed by atoms with Crippen LogP contribution in [0.3, 0.4) is 0 Å². The molecule has 6 heteroatoms. The predicted molar refractivity (Wildman–Crippen MR) is 86.2 cm³/mol. The largest absolute Gasteiger partial charge is 0.465 e. The highest BCUT2D eigenvalue weighted by Gasteiger charge is 2.24. The summed E-state index contributed by atoms with van der Waals surface area (Å²) in [7, 11) is 2.98. The zero-order valence-electron chi connectivity index (χ0n) is 13.0. The first kappa shape index (κ1) is 17.6. The molecule has 5 nitrogen and oxygen atoms in total. The second-order valence-electron chi connectivity index (χ2n) is 4.83. The Balaban J connectivity index is 3.37. The molecule has 0 bridgehead atoms. The topological polar surface area (TPSA) is 64.8 Å². The quantitative estimate of drug-likeness (QED) is 0.619. The van der Waals surface area contributed by atoms with Crippen LogP contribution in [0.25, 0.3) is 0 Å². The molecule has 0 saturated carbocycles. The molecule has 0 aliphatic heterocycles. The van der Waals surface area contributed by atoms with Gasteiger partial charge in [-0.2, -0.15) is 0 Å². The molecular weight excluding hydrogens is 292 g/mol. The smallest absolute Gasteiger partial charge is 0.340 e. The van der Waals surface area contributed by atoms with Crippen molar-refractivity contribution in [3.8, 4) is 0 Å². The highest BCUT2D eigenvalue weighted by atomic mass is 35.5. The molecular formula is C15H23ClN2O3. The summed E-state index contributed by atoms with van der Waals surface area (Å²) in [5.41, 5.74) is 7.24. The van der Waals surface area contributed by atoms with Crippen LogP contribution >= 0.6 is 11.6 Å². The van der Waals surface area contributed by atoms with Crippen molar-refractivity contribution in [1.82, 2.24) is 0 Å². The number of nitrogens with zero attached hydrogens (tertiary/aromatic N) is 1. The Hall–Kier alpha value is -1.46. The van der Waals surface area contributed by atoms with Crippen LogP contribution in [0.4, 0.5) is 11.4 Å². The van der Waals surface area contributed by atoms with Crippen molar-refractivity contribution in [2.45, 2.75) is 26.3 Å². The van der Waals surface area contributed by atoms with Gasteiger partial charge in [0, 0.05) is 25.4 Å². The van der Waals surface area contributed by atoms with E-state index in [2.05, 4.69) is 18.7 Å². The minimum Gasteiger partial charge on any atom is -0.465 e. The average Bonchev–Trinajstić information content (AvgIpc) is 2.47. The number of benzene rings is 1. The van der Waals surface area contributed by atoms with Gasteiger partial charge in [-0.25, -0.2) is 4.79 Å². The van der Waals surface area contributed by atoms with Crippen LogP contribution in [0.1, 0.15) is 30.6 Å². The highest BCUT2D eigenvalue weighted by Crippen LogP contribution is 2.34. The molecule has 0 aliphatic rings. The Morgan fingerprint density at radius 1 is 1.43 bits per heavy atom. The number of hydrogen-bond donors (Lipinski definition) is 1. The summed E-state index contributed by atoms with van der Waals surface area (Å²) in [4.78, 5) is 14.1. The van der Waals surface area contributed by atoms with Gasteiger partial charge in [-0.15, -0.1) is 0 Å². The summed E-state index contributed by atoms with van der Waals surface area (Å²) in [5.74, 6) is -0.454. The molecule has 0 aromatic heterocycles. The van der Waals surface area contributed by atoms with E-state index in [1.54, 1.807) is 19.2 Å². The van der Waals surface area contributed by atoms with Crippen molar-refractivity contribution in [1.29, 1.82) is 0 Å². The molecule has 0 amide bonds. The first-order valence-electron chi connectivity index (χ1n) is 6.89. The van der Waals surface area contributed by atoms with Gasteiger partial charge in [0.15, 0.2) is 0 Å². The molecule has 1 rings (SSSR count). The van der Waals surface area contributed by atoms with Crippen LogP contribution in [-0.2, 0) is 9.47 Å². The van der Waals surface area contributed by atoms with Crippen LogP contribution in [0.15, 0.2) is 12.1 Å². The molecule has 0 fully saturated rings. The van der Waals surface area contributed by atoms with Crippen molar-refractivity contribution < 1.29 is 14.3 Å². The lowest BCUT2D eigenvalue weighted by Gasteiger charge is -2.32. The number of esters is 1. The van der Waals surface area contributed by atoms with E-state index in [4.69, 9.17) is 26.8 Å². The lowest BCUT2D eigenvalue weighted by molar-refractivity contribution is 0.0601. The molecule has 118 valence electrons. The van der Waals surface area contributed by atoms with E-state index in [1.165, 1.54) is 7.11 Å². The number of methoxy groups -OCH3 is 2. The van der Waals surface area contributed by atoms with Crippen molar-refractivity contribution in [3.05, 3.63) is 22.7 Å². The maximum absolute atomic E-state index is 12.0. The molecule has 2 N–H and O–H groups in total. The second kappa shape index (κ2) is 8.10. The number of anilines is 2. The van der Waals surface area contributed by atoms with Gasteiger partial charge < -0.3 is 20.1 Å². The first-order valence-corrected chi connectivity index (χ1v) is 7.26. The number of rotatable bonds is 7. The van der Waals surface area contributed by atoms with Gasteiger partial charge in [0.2, 0.25) is 0 Å². The number of carbonyl (C=O) groups excluding carboxylic acids is 1. The normalized spacial score (nSPS) is 12.0. The molecule has 21 heavy (non-hydrogen) atoms. The van der Waals surface area contributed by atoms with Gasteiger partial charge in [-0.1, -0.05) is 18.5 Å². The third kappa shape index (κ3) is 4.25. The summed E-state index contributed by atoms with van der Waals surface area (Å²) >= 11 is 6.34. The lowest BCUT2D eigenvalue weighted by atomic mass is 10.1. The summed E-state index contributed by atoms with van der Waals surface area (Å²) in [6, 6.07) is 3.44. The Morgan fingerprint density at radius 2 is 2.10 bits per heavy atom. The summed E-state index contributed by atoms with van der Waals surface area (Å²) < 4.78 is 10.00. The van der Waals surface area contributed by atoms with Crippen LogP contribution < -0.4 is 10.6 Å². The Morgan fingerprint density at radius 3 is 2.62 bits per heavy atom. The van der Waals surface area contributed by atoms with Crippen molar-refractivity contribution in [2.24, 2.45) is 0 Å². The molecule has 0 saturated heterocycles. The highest BCUT2D eigenvalue weighted by molar-refractivity contribution is 6.34. The fraction of sp³-hybridized carbons (Fsp3) is 0.533. The van der Waals surface area contributed by atoms with Gasteiger partial charge in [-0.3, -0.25) is 0 Å². The van der Waals surface area contributed by atoms with E-state index in [1.807, 2.05) is 0 Å². The van der Waals surface area contributed by atoms with Crippen LogP contribution in [0.5, 0.6) is 0 Å². The molecule has 0 aliphatic carbocycles. The molecule has 1 atom stereocenters. The van der Waals surface area contributed by atoms with Gasteiger partial charge in [0.05, 0.1) is 30.0 Å².